The molecule has 0 amide bonds. The van der Waals surface area contributed by atoms with E-state index in [1.807, 2.05) is 0 Å². The molecule has 1 aliphatic carbocycles. The van der Waals surface area contributed by atoms with Crippen molar-refractivity contribution in [3.05, 3.63) is 35.9 Å². The molecule has 2 atom stereocenters. The van der Waals surface area contributed by atoms with Crippen LogP contribution < -0.4 is 5.32 Å². The molecule has 0 bridgehead atoms. The zero-order chi connectivity index (χ0) is 14.4. The number of rotatable bonds is 7. The molecule has 0 saturated heterocycles. The topological polar surface area (TPSA) is 12.0 Å². The van der Waals surface area contributed by atoms with Crippen LogP contribution >= 0.6 is 0 Å². The van der Waals surface area contributed by atoms with Gasteiger partial charge in [-0.2, -0.15) is 0 Å². The normalized spacial score (nSPS) is 22.9. The van der Waals surface area contributed by atoms with Crippen LogP contribution in [-0.4, -0.2) is 6.04 Å². The van der Waals surface area contributed by atoms with Crippen molar-refractivity contribution in [2.24, 2.45) is 5.41 Å². The summed E-state index contributed by atoms with van der Waals surface area (Å²) in [6, 6.07) is 12.3. The van der Waals surface area contributed by atoms with Crippen LogP contribution in [0.3, 0.4) is 0 Å². The molecule has 20 heavy (non-hydrogen) atoms. The third-order valence-electron chi connectivity index (χ3n) is 4.70. The Bertz CT molecular complexity index is 382. The van der Waals surface area contributed by atoms with Gasteiger partial charge in [0.05, 0.1) is 0 Å². The second-order valence-electron chi connectivity index (χ2n) is 7.23. The van der Waals surface area contributed by atoms with Gasteiger partial charge in [-0.3, -0.25) is 0 Å². The van der Waals surface area contributed by atoms with Crippen LogP contribution in [0.1, 0.15) is 77.3 Å². The van der Waals surface area contributed by atoms with Crippen LogP contribution in [0.2, 0.25) is 0 Å². The number of unbranched alkanes of at least 4 members (excludes halogenated alkanes) is 2. The van der Waals surface area contributed by atoms with Gasteiger partial charge in [-0.15, -0.1) is 0 Å². The molecule has 1 aromatic rings. The van der Waals surface area contributed by atoms with Crippen molar-refractivity contribution in [3.8, 4) is 0 Å². The molecule has 0 spiro atoms. The SMILES string of the molecule is CCCCCC(NC1CCC(C)(C)C1)c1ccccc1. The molecule has 1 N–H and O–H groups in total. The highest BCUT2D eigenvalue weighted by Gasteiger charge is 2.31. The van der Waals surface area contributed by atoms with Crippen molar-refractivity contribution < 1.29 is 0 Å². The number of benzene rings is 1. The van der Waals surface area contributed by atoms with Crippen molar-refractivity contribution in [1.29, 1.82) is 0 Å². The van der Waals surface area contributed by atoms with Crippen LogP contribution in [-0.2, 0) is 0 Å². The molecular weight excluding hydrogens is 242 g/mol. The summed E-state index contributed by atoms with van der Waals surface area (Å²) in [6.07, 6.45) is 9.28. The number of hydrogen-bond donors (Lipinski definition) is 1. The monoisotopic (exact) mass is 273 g/mol. The van der Waals surface area contributed by atoms with Crippen molar-refractivity contribution >= 4 is 0 Å². The zero-order valence-corrected chi connectivity index (χ0v) is 13.5. The average Bonchev–Trinajstić information content (AvgIpc) is 2.78. The Kier molecular flexibility index (Phi) is 5.65. The first-order chi connectivity index (χ1) is 9.61. The Hall–Kier alpha value is -0.820. The quantitative estimate of drug-likeness (QED) is 0.649. The molecule has 2 rings (SSSR count). The van der Waals surface area contributed by atoms with E-state index in [1.54, 1.807) is 0 Å². The first-order valence-corrected chi connectivity index (χ1v) is 8.42. The maximum Gasteiger partial charge on any atom is 0.0322 e. The minimum Gasteiger partial charge on any atom is -0.307 e. The standard InChI is InChI=1S/C19H31N/c1-4-5-7-12-18(16-10-8-6-9-11-16)20-17-13-14-19(2,3)15-17/h6,8-11,17-18,20H,4-5,7,12-15H2,1-3H3. The van der Waals surface area contributed by atoms with Gasteiger partial charge < -0.3 is 5.32 Å². The van der Waals surface area contributed by atoms with Gasteiger partial charge in [0.15, 0.2) is 0 Å². The Labute approximate surface area is 125 Å². The lowest BCUT2D eigenvalue weighted by atomic mass is 9.91. The van der Waals surface area contributed by atoms with E-state index in [2.05, 4.69) is 56.4 Å². The Morgan fingerprint density at radius 1 is 1.20 bits per heavy atom. The van der Waals surface area contributed by atoms with E-state index in [-0.39, 0.29) is 0 Å². The molecule has 1 nitrogen and oxygen atoms in total. The van der Waals surface area contributed by atoms with E-state index in [9.17, 15) is 0 Å². The highest BCUT2D eigenvalue weighted by Crippen LogP contribution is 2.38. The summed E-state index contributed by atoms with van der Waals surface area (Å²) < 4.78 is 0. The summed E-state index contributed by atoms with van der Waals surface area (Å²) in [5.41, 5.74) is 2.00. The second-order valence-corrected chi connectivity index (χ2v) is 7.23. The minimum absolute atomic E-state index is 0.530. The zero-order valence-electron chi connectivity index (χ0n) is 13.5. The van der Waals surface area contributed by atoms with E-state index in [0.717, 1.165) is 0 Å². The van der Waals surface area contributed by atoms with Crippen LogP contribution in [0.4, 0.5) is 0 Å². The summed E-state index contributed by atoms with van der Waals surface area (Å²) in [4.78, 5) is 0. The molecule has 1 heteroatoms. The maximum absolute atomic E-state index is 3.95. The highest BCUT2D eigenvalue weighted by molar-refractivity contribution is 5.19. The summed E-state index contributed by atoms with van der Waals surface area (Å²) >= 11 is 0. The molecule has 1 aliphatic rings. The van der Waals surface area contributed by atoms with Crippen molar-refractivity contribution in [2.45, 2.75) is 77.8 Å². The lowest BCUT2D eigenvalue weighted by molar-refractivity contribution is 0.345. The molecular formula is C19H31N. The third-order valence-corrected chi connectivity index (χ3v) is 4.70. The largest absolute Gasteiger partial charge is 0.307 e. The summed E-state index contributed by atoms with van der Waals surface area (Å²) in [5.74, 6) is 0. The average molecular weight is 273 g/mol. The molecule has 1 saturated carbocycles. The van der Waals surface area contributed by atoms with E-state index < -0.39 is 0 Å². The third kappa shape index (κ3) is 4.63. The molecule has 0 radical (unpaired) electrons. The Balaban J connectivity index is 1.96. The van der Waals surface area contributed by atoms with Crippen molar-refractivity contribution in [3.63, 3.8) is 0 Å². The summed E-state index contributed by atoms with van der Waals surface area (Å²) in [5, 5.41) is 3.95. The van der Waals surface area contributed by atoms with Gasteiger partial charge in [-0.1, -0.05) is 70.4 Å². The van der Waals surface area contributed by atoms with Crippen molar-refractivity contribution in [2.75, 3.05) is 0 Å². The molecule has 0 aliphatic heterocycles. The van der Waals surface area contributed by atoms with Crippen LogP contribution in [0.15, 0.2) is 30.3 Å². The molecule has 1 fully saturated rings. The van der Waals surface area contributed by atoms with Gasteiger partial charge in [-0.05, 0) is 36.7 Å². The van der Waals surface area contributed by atoms with Crippen LogP contribution in [0.25, 0.3) is 0 Å². The number of hydrogen-bond acceptors (Lipinski definition) is 1. The summed E-state index contributed by atoms with van der Waals surface area (Å²) in [7, 11) is 0. The molecule has 0 aromatic heterocycles. The van der Waals surface area contributed by atoms with Gasteiger partial charge >= 0.3 is 0 Å². The van der Waals surface area contributed by atoms with Gasteiger partial charge in [0.1, 0.15) is 0 Å². The molecule has 2 unspecified atom stereocenters. The molecule has 112 valence electrons. The van der Waals surface area contributed by atoms with Gasteiger partial charge in [0.25, 0.3) is 0 Å². The Morgan fingerprint density at radius 3 is 2.55 bits per heavy atom. The van der Waals surface area contributed by atoms with E-state index in [4.69, 9.17) is 0 Å². The summed E-state index contributed by atoms with van der Waals surface area (Å²) in [6.45, 7) is 7.09. The number of nitrogens with one attached hydrogen (secondary N) is 1. The van der Waals surface area contributed by atoms with Crippen molar-refractivity contribution in [1.82, 2.24) is 5.32 Å². The van der Waals surface area contributed by atoms with Crippen LogP contribution in [0.5, 0.6) is 0 Å². The fraction of sp³-hybridized carbons (Fsp3) is 0.684. The lowest BCUT2D eigenvalue weighted by Crippen LogP contribution is -2.31. The maximum atomic E-state index is 3.95. The van der Waals surface area contributed by atoms with Gasteiger partial charge in [0.2, 0.25) is 0 Å². The fourth-order valence-electron chi connectivity index (χ4n) is 3.49. The lowest BCUT2D eigenvalue weighted by Gasteiger charge is -2.25. The van der Waals surface area contributed by atoms with Gasteiger partial charge in [0, 0.05) is 12.1 Å². The molecule has 1 aromatic carbocycles. The molecule has 0 heterocycles. The van der Waals surface area contributed by atoms with Crippen LogP contribution in [0, 0.1) is 5.41 Å². The van der Waals surface area contributed by atoms with E-state index in [1.165, 1.54) is 50.5 Å². The minimum atomic E-state index is 0.530. The van der Waals surface area contributed by atoms with E-state index in [0.29, 0.717) is 17.5 Å². The first-order valence-electron chi connectivity index (χ1n) is 8.42. The first kappa shape index (κ1) is 15.6. The predicted molar refractivity (Wildman–Crippen MR) is 87.9 cm³/mol. The highest BCUT2D eigenvalue weighted by atomic mass is 15.0. The van der Waals surface area contributed by atoms with E-state index >= 15 is 0 Å². The fourth-order valence-corrected chi connectivity index (χ4v) is 3.49. The smallest absolute Gasteiger partial charge is 0.0322 e. The predicted octanol–water partition coefficient (Wildman–Crippen LogP) is 5.48. The van der Waals surface area contributed by atoms with Gasteiger partial charge in [-0.25, -0.2) is 0 Å². The Morgan fingerprint density at radius 2 is 1.95 bits per heavy atom. The second kappa shape index (κ2) is 7.26.